The molecule has 8 heteroatoms. The monoisotopic (exact) mass is 418 g/mol. The minimum Gasteiger partial charge on any atom is -0.352 e. The molecule has 0 aliphatic rings. The number of aromatic nitrogens is 1. The van der Waals surface area contributed by atoms with Crippen LogP contribution in [0.1, 0.15) is 21.6 Å². The van der Waals surface area contributed by atoms with Gasteiger partial charge >= 0.3 is 0 Å². The van der Waals surface area contributed by atoms with Gasteiger partial charge in [0.15, 0.2) is 5.96 Å². The van der Waals surface area contributed by atoms with E-state index in [4.69, 9.17) is 11.6 Å². The molecule has 0 saturated heterocycles. The second kappa shape index (κ2) is 10.9. The van der Waals surface area contributed by atoms with Crippen molar-refractivity contribution >= 4 is 23.5 Å². The predicted octanol–water partition coefficient (Wildman–Crippen LogP) is 2.18. The molecule has 0 saturated carbocycles. The van der Waals surface area contributed by atoms with Gasteiger partial charge in [0.2, 0.25) is 0 Å². The molecule has 1 aromatic carbocycles. The van der Waals surface area contributed by atoms with E-state index in [1.807, 2.05) is 79.1 Å². The molecule has 1 heterocycles. The average molecular weight is 419 g/mol. The Balaban J connectivity index is 1.93. The highest BCUT2D eigenvalue weighted by Crippen LogP contribution is 2.14. The number of aliphatic imine (C=N–C) groups is 1. The number of rotatable bonds is 8. The van der Waals surface area contributed by atoms with Gasteiger partial charge in [-0.25, -0.2) is 0 Å². The van der Waals surface area contributed by atoms with Crippen LogP contribution in [0.15, 0.2) is 41.5 Å². The van der Waals surface area contributed by atoms with Gasteiger partial charge < -0.3 is 25.0 Å². The molecule has 7 nitrogen and oxygen atoms in total. The average Bonchev–Trinajstić information content (AvgIpc) is 2.99. The van der Waals surface area contributed by atoms with Crippen LogP contribution in [-0.4, -0.2) is 67.5 Å². The number of benzene rings is 1. The third-order valence-corrected chi connectivity index (χ3v) is 4.74. The molecule has 0 aliphatic carbocycles. The zero-order chi connectivity index (χ0) is 21.4. The standard InChI is InChI=1S/C21H31ClN6O/c1-23-21(28(5)15-19-12-18(22)14-27(19)4)25-13-16-7-6-8-17(11-16)20(29)24-9-10-26(2)3/h6-8,11-12,14H,9-10,13,15H2,1-5H3,(H,23,25)(H,24,29). The number of nitrogens with one attached hydrogen (secondary N) is 2. The summed E-state index contributed by atoms with van der Waals surface area (Å²) in [5.41, 5.74) is 2.77. The number of guanidine groups is 1. The summed E-state index contributed by atoms with van der Waals surface area (Å²) >= 11 is 6.07. The fourth-order valence-electron chi connectivity index (χ4n) is 2.92. The first kappa shape index (κ1) is 22.8. The number of carbonyl (C=O) groups excluding carboxylic acids is 1. The minimum absolute atomic E-state index is 0.0595. The first-order valence-corrected chi connectivity index (χ1v) is 9.92. The minimum atomic E-state index is -0.0595. The van der Waals surface area contributed by atoms with Gasteiger partial charge in [0.05, 0.1) is 11.6 Å². The summed E-state index contributed by atoms with van der Waals surface area (Å²) in [6.07, 6.45) is 1.88. The van der Waals surface area contributed by atoms with E-state index in [-0.39, 0.29) is 5.91 Å². The van der Waals surface area contributed by atoms with Gasteiger partial charge in [0, 0.05) is 58.2 Å². The molecule has 1 amide bonds. The zero-order valence-electron chi connectivity index (χ0n) is 17.9. The third kappa shape index (κ3) is 7.11. The van der Waals surface area contributed by atoms with Crippen molar-refractivity contribution in [3.05, 3.63) is 58.4 Å². The summed E-state index contributed by atoms with van der Waals surface area (Å²) in [5, 5.41) is 7.01. The summed E-state index contributed by atoms with van der Waals surface area (Å²) in [6.45, 7) is 2.68. The van der Waals surface area contributed by atoms with Crippen molar-refractivity contribution in [1.29, 1.82) is 0 Å². The lowest BCUT2D eigenvalue weighted by molar-refractivity contribution is 0.0951. The maximum atomic E-state index is 12.3. The van der Waals surface area contributed by atoms with E-state index in [1.54, 1.807) is 7.05 Å². The van der Waals surface area contributed by atoms with Crippen LogP contribution in [0.2, 0.25) is 5.02 Å². The Bertz CT molecular complexity index is 845. The van der Waals surface area contributed by atoms with Crippen molar-refractivity contribution in [3.63, 3.8) is 0 Å². The van der Waals surface area contributed by atoms with Gasteiger partial charge in [-0.15, -0.1) is 0 Å². The van der Waals surface area contributed by atoms with Gasteiger partial charge in [0.1, 0.15) is 0 Å². The molecular formula is C21H31ClN6O. The molecule has 0 atom stereocenters. The number of carbonyl (C=O) groups is 1. The van der Waals surface area contributed by atoms with Gasteiger partial charge in [-0.05, 0) is 37.9 Å². The van der Waals surface area contributed by atoms with Crippen LogP contribution in [0, 0.1) is 0 Å². The largest absolute Gasteiger partial charge is 0.352 e. The number of hydrogen-bond donors (Lipinski definition) is 2. The molecule has 29 heavy (non-hydrogen) atoms. The van der Waals surface area contributed by atoms with Crippen molar-refractivity contribution in [1.82, 2.24) is 25.0 Å². The highest BCUT2D eigenvalue weighted by Gasteiger charge is 2.11. The summed E-state index contributed by atoms with van der Waals surface area (Å²) < 4.78 is 2.00. The molecule has 0 fully saturated rings. The van der Waals surface area contributed by atoms with E-state index >= 15 is 0 Å². The van der Waals surface area contributed by atoms with Crippen LogP contribution >= 0.6 is 11.6 Å². The molecule has 0 aliphatic heterocycles. The molecule has 0 spiro atoms. The lowest BCUT2D eigenvalue weighted by Crippen LogP contribution is -2.38. The molecule has 0 unspecified atom stereocenters. The van der Waals surface area contributed by atoms with Crippen LogP contribution in [0.4, 0.5) is 0 Å². The normalized spacial score (nSPS) is 11.6. The second-order valence-corrected chi connectivity index (χ2v) is 7.71. The Morgan fingerprint density at radius 2 is 1.97 bits per heavy atom. The van der Waals surface area contributed by atoms with Gasteiger partial charge in [0.25, 0.3) is 5.91 Å². The first-order chi connectivity index (χ1) is 13.8. The van der Waals surface area contributed by atoms with E-state index in [9.17, 15) is 4.79 Å². The molecule has 0 radical (unpaired) electrons. The van der Waals surface area contributed by atoms with Crippen LogP contribution in [0.25, 0.3) is 0 Å². The lowest BCUT2D eigenvalue weighted by Gasteiger charge is -2.22. The summed E-state index contributed by atoms with van der Waals surface area (Å²) in [6, 6.07) is 9.57. The Morgan fingerprint density at radius 3 is 2.59 bits per heavy atom. The number of aryl methyl sites for hydroxylation is 1. The first-order valence-electron chi connectivity index (χ1n) is 9.54. The van der Waals surface area contributed by atoms with Crippen molar-refractivity contribution in [3.8, 4) is 0 Å². The smallest absolute Gasteiger partial charge is 0.251 e. The van der Waals surface area contributed by atoms with Crippen molar-refractivity contribution in [2.75, 3.05) is 41.3 Å². The number of nitrogens with zero attached hydrogens (tertiary/aromatic N) is 4. The van der Waals surface area contributed by atoms with Crippen molar-refractivity contribution < 1.29 is 4.79 Å². The van der Waals surface area contributed by atoms with Crippen LogP contribution < -0.4 is 10.6 Å². The van der Waals surface area contributed by atoms with Crippen LogP contribution in [-0.2, 0) is 20.1 Å². The predicted molar refractivity (Wildman–Crippen MR) is 119 cm³/mol. The Hall–Kier alpha value is -2.51. The number of amides is 1. The van der Waals surface area contributed by atoms with Crippen molar-refractivity contribution in [2.24, 2.45) is 12.0 Å². The molecule has 2 aromatic rings. The van der Waals surface area contributed by atoms with Gasteiger partial charge in [-0.3, -0.25) is 9.79 Å². The van der Waals surface area contributed by atoms with Crippen LogP contribution in [0.5, 0.6) is 0 Å². The van der Waals surface area contributed by atoms with E-state index in [2.05, 4.69) is 15.6 Å². The fraction of sp³-hybridized carbons (Fsp3) is 0.429. The molecule has 2 N–H and O–H groups in total. The second-order valence-electron chi connectivity index (χ2n) is 7.28. The van der Waals surface area contributed by atoms with Crippen molar-refractivity contribution in [2.45, 2.75) is 13.1 Å². The summed E-state index contributed by atoms with van der Waals surface area (Å²) in [5.74, 6) is 0.707. The highest BCUT2D eigenvalue weighted by molar-refractivity contribution is 6.30. The Morgan fingerprint density at radius 1 is 1.21 bits per heavy atom. The highest BCUT2D eigenvalue weighted by atomic mass is 35.5. The maximum absolute atomic E-state index is 12.3. The van der Waals surface area contributed by atoms with Gasteiger partial charge in [-0.1, -0.05) is 23.7 Å². The van der Waals surface area contributed by atoms with E-state index < -0.39 is 0 Å². The van der Waals surface area contributed by atoms with Crippen LogP contribution in [0.3, 0.4) is 0 Å². The molecule has 158 valence electrons. The maximum Gasteiger partial charge on any atom is 0.251 e. The van der Waals surface area contributed by atoms with Gasteiger partial charge in [-0.2, -0.15) is 0 Å². The zero-order valence-corrected chi connectivity index (χ0v) is 18.6. The SMILES string of the molecule is CN=C(NCc1cccc(C(=O)NCCN(C)C)c1)N(C)Cc1cc(Cl)cn1C. The lowest BCUT2D eigenvalue weighted by atomic mass is 10.1. The number of halogens is 1. The quantitative estimate of drug-likeness (QED) is 0.509. The Kier molecular flexibility index (Phi) is 8.54. The van der Waals surface area contributed by atoms with E-state index in [0.717, 1.165) is 28.8 Å². The summed E-state index contributed by atoms with van der Waals surface area (Å²) in [4.78, 5) is 20.7. The summed E-state index contributed by atoms with van der Waals surface area (Å²) in [7, 11) is 9.67. The number of likely N-dealkylation sites (N-methyl/N-ethyl adjacent to an activating group) is 1. The molecule has 0 bridgehead atoms. The van der Waals surface area contributed by atoms with E-state index in [0.29, 0.717) is 25.2 Å². The third-order valence-electron chi connectivity index (χ3n) is 4.53. The fourth-order valence-corrected chi connectivity index (χ4v) is 3.20. The molecule has 2 rings (SSSR count). The topological polar surface area (TPSA) is 64.9 Å². The number of hydrogen-bond acceptors (Lipinski definition) is 3. The molecule has 1 aromatic heterocycles. The van der Waals surface area contributed by atoms with E-state index in [1.165, 1.54) is 0 Å². The molecular weight excluding hydrogens is 388 g/mol. The Labute approximate surface area is 178 Å².